The summed E-state index contributed by atoms with van der Waals surface area (Å²) in [6.07, 6.45) is -1.16. The van der Waals surface area contributed by atoms with Crippen molar-refractivity contribution in [3.8, 4) is 0 Å². The van der Waals surface area contributed by atoms with Gasteiger partial charge in [0, 0.05) is 0 Å². The summed E-state index contributed by atoms with van der Waals surface area (Å²) in [4.78, 5) is 17.1. The molecule has 0 aromatic rings. The van der Waals surface area contributed by atoms with Crippen LogP contribution in [0.3, 0.4) is 0 Å². The Balaban J connectivity index is 2.40. The molecule has 0 aromatic heterocycles. The lowest BCUT2D eigenvalue weighted by molar-refractivity contribution is -0.312. The molecular formula is CO6Si. The van der Waals surface area contributed by atoms with Gasteiger partial charge in [-0.1, -0.05) is 0 Å². The summed E-state index contributed by atoms with van der Waals surface area (Å²) in [7, 11) is -2.74. The minimum absolute atomic E-state index is 1.16. The number of hydrogen-bond donors (Lipinski definition) is 0. The van der Waals surface area contributed by atoms with Crippen molar-refractivity contribution in [1.82, 2.24) is 0 Å². The Morgan fingerprint density at radius 1 is 1.25 bits per heavy atom. The molecule has 1 saturated heterocycles. The van der Waals surface area contributed by atoms with Crippen LogP contribution in [0.2, 0.25) is 0 Å². The molecule has 0 aliphatic carbocycles. The van der Waals surface area contributed by atoms with Crippen molar-refractivity contribution in [2.24, 2.45) is 0 Å². The van der Waals surface area contributed by atoms with Crippen LogP contribution in [0.1, 0.15) is 0 Å². The summed E-state index contributed by atoms with van der Waals surface area (Å²) in [6.45, 7) is 0. The molecular weight excluding hydrogens is 136 g/mol. The SMILES string of the molecule is O=C1OO[Si](=O)OO1. The van der Waals surface area contributed by atoms with Crippen LogP contribution in [0, 0.1) is 0 Å². The zero-order valence-corrected chi connectivity index (χ0v) is 4.45. The van der Waals surface area contributed by atoms with Gasteiger partial charge in [-0.2, -0.15) is 4.79 Å². The van der Waals surface area contributed by atoms with Crippen molar-refractivity contribution < 1.29 is 28.2 Å². The molecule has 1 rings (SSSR count). The lowest BCUT2D eigenvalue weighted by Crippen LogP contribution is -2.24. The highest BCUT2D eigenvalue weighted by Crippen LogP contribution is 1.95. The molecule has 1 aliphatic heterocycles. The van der Waals surface area contributed by atoms with Gasteiger partial charge in [-0.25, -0.2) is 9.78 Å². The van der Waals surface area contributed by atoms with Crippen molar-refractivity contribution in [3.63, 3.8) is 0 Å². The topological polar surface area (TPSA) is 71.1 Å². The van der Waals surface area contributed by atoms with Crippen LogP contribution in [0.15, 0.2) is 0 Å². The monoisotopic (exact) mass is 136 g/mol. The minimum atomic E-state index is -2.74. The maximum Gasteiger partial charge on any atom is 0.854 e. The maximum absolute atomic E-state index is 9.95. The van der Waals surface area contributed by atoms with Gasteiger partial charge in [0.2, 0.25) is 0 Å². The Labute approximate surface area is 44.7 Å². The molecule has 8 heavy (non-hydrogen) atoms. The quantitative estimate of drug-likeness (QED) is 0.328. The second-order valence-electron chi connectivity index (χ2n) is 0.833. The molecule has 1 aliphatic rings. The Kier molecular flexibility index (Phi) is 1.12. The lowest BCUT2D eigenvalue weighted by atomic mass is 11.4. The molecule has 1 fully saturated rings. The normalized spacial score (nSPS) is 17.5. The molecule has 0 radical (unpaired) electrons. The third kappa shape index (κ3) is 0.935. The van der Waals surface area contributed by atoms with Crippen LogP contribution in [-0.4, -0.2) is 15.3 Å². The number of hydrogen-bond acceptors (Lipinski definition) is 6. The van der Waals surface area contributed by atoms with Crippen LogP contribution in [0.4, 0.5) is 4.79 Å². The molecule has 6 nitrogen and oxygen atoms in total. The van der Waals surface area contributed by atoms with Crippen LogP contribution in [0.5, 0.6) is 0 Å². The van der Waals surface area contributed by atoms with E-state index in [-0.39, 0.29) is 0 Å². The van der Waals surface area contributed by atoms with Gasteiger partial charge in [0.25, 0.3) is 0 Å². The average molecular weight is 136 g/mol. The van der Waals surface area contributed by atoms with Crippen LogP contribution >= 0.6 is 0 Å². The van der Waals surface area contributed by atoms with Crippen LogP contribution in [0.25, 0.3) is 0 Å². The van der Waals surface area contributed by atoms with E-state index in [1.54, 1.807) is 0 Å². The van der Waals surface area contributed by atoms with Crippen molar-refractivity contribution in [3.05, 3.63) is 0 Å². The smallest absolute Gasteiger partial charge is 0.284 e. The van der Waals surface area contributed by atoms with Gasteiger partial charge in [-0.15, -0.1) is 0 Å². The first kappa shape index (κ1) is 5.03. The fraction of sp³-hybridized carbons (Fsp3) is 0. The van der Waals surface area contributed by atoms with Crippen LogP contribution in [-0.2, 0) is 23.4 Å². The summed E-state index contributed by atoms with van der Waals surface area (Å²) in [5.41, 5.74) is 0. The molecule has 44 valence electrons. The molecule has 0 atom stereocenters. The van der Waals surface area contributed by atoms with Gasteiger partial charge in [-0.05, 0) is 0 Å². The van der Waals surface area contributed by atoms with E-state index in [0.29, 0.717) is 0 Å². The van der Waals surface area contributed by atoms with E-state index in [1.165, 1.54) is 0 Å². The Morgan fingerprint density at radius 3 is 2.12 bits per heavy atom. The Morgan fingerprint density at radius 2 is 1.75 bits per heavy atom. The first-order valence-electron chi connectivity index (χ1n) is 1.56. The summed E-state index contributed by atoms with van der Waals surface area (Å²) >= 11 is 0. The van der Waals surface area contributed by atoms with Gasteiger partial charge < -0.3 is 0 Å². The predicted octanol–water partition coefficient (Wildman–Crippen LogP) is -0.568. The average Bonchev–Trinajstić information content (AvgIpc) is 1.77. The van der Waals surface area contributed by atoms with Gasteiger partial charge in [0.05, 0.1) is 0 Å². The molecule has 0 N–H and O–H groups in total. The van der Waals surface area contributed by atoms with Crippen molar-refractivity contribution in [2.75, 3.05) is 0 Å². The largest absolute Gasteiger partial charge is 0.854 e. The maximum atomic E-state index is 9.95. The summed E-state index contributed by atoms with van der Waals surface area (Å²) in [5.74, 6) is 0. The van der Waals surface area contributed by atoms with E-state index in [1.807, 2.05) is 0 Å². The molecule has 0 bridgehead atoms. The highest BCUT2D eigenvalue weighted by molar-refractivity contribution is 6.25. The fourth-order valence-corrected chi connectivity index (χ4v) is 0.464. The summed E-state index contributed by atoms with van der Waals surface area (Å²) in [6, 6.07) is 0. The Hall–Kier alpha value is -1.11. The predicted molar refractivity (Wildman–Crippen MR) is 16.2 cm³/mol. The zero-order valence-electron chi connectivity index (χ0n) is 3.45. The zero-order chi connectivity index (χ0) is 5.98. The first-order valence-corrected chi connectivity index (χ1v) is 2.78. The number of carbonyl (C=O) groups is 1. The van der Waals surface area contributed by atoms with E-state index in [9.17, 15) is 9.26 Å². The highest BCUT2D eigenvalue weighted by Gasteiger charge is 2.27. The highest BCUT2D eigenvalue weighted by atomic mass is 28.3. The second kappa shape index (κ2) is 1.78. The van der Waals surface area contributed by atoms with E-state index in [2.05, 4.69) is 18.9 Å². The number of rotatable bonds is 0. The molecule has 0 aromatic carbocycles. The van der Waals surface area contributed by atoms with Crippen molar-refractivity contribution in [1.29, 1.82) is 0 Å². The fourth-order valence-electron chi connectivity index (χ4n) is 0.164. The van der Waals surface area contributed by atoms with Gasteiger partial charge >= 0.3 is 15.3 Å². The second-order valence-corrected chi connectivity index (χ2v) is 1.67. The van der Waals surface area contributed by atoms with Gasteiger partial charge in [-0.3, -0.25) is 13.6 Å². The molecule has 1 heterocycles. The van der Waals surface area contributed by atoms with Gasteiger partial charge in [0.15, 0.2) is 0 Å². The van der Waals surface area contributed by atoms with E-state index >= 15 is 0 Å². The van der Waals surface area contributed by atoms with Crippen molar-refractivity contribution in [2.45, 2.75) is 0 Å². The summed E-state index contributed by atoms with van der Waals surface area (Å²) < 4.78 is 17.4. The molecule has 0 unspecified atom stereocenters. The molecule has 0 amide bonds. The van der Waals surface area contributed by atoms with Gasteiger partial charge in [0.1, 0.15) is 0 Å². The van der Waals surface area contributed by atoms with E-state index in [4.69, 9.17) is 0 Å². The van der Waals surface area contributed by atoms with E-state index in [0.717, 1.165) is 0 Å². The third-order valence-corrected chi connectivity index (χ3v) is 0.794. The molecule has 0 spiro atoms. The lowest BCUT2D eigenvalue weighted by Gasteiger charge is -2.04. The number of carbonyl (C=O) groups excluding carboxylic acids is 1. The molecule has 7 heteroatoms. The third-order valence-electron chi connectivity index (χ3n) is 0.355. The minimum Gasteiger partial charge on any atom is -0.284 e. The van der Waals surface area contributed by atoms with E-state index < -0.39 is 15.3 Å². The summed E-state index contributed by atoms with van der Waals surface area (Å²) in [5, 5.41) is 0. The Bertz CT molecular complexity index is 100. The standard InChI is InChI=1S/CO6Si/c2-1-4-6-8(3)7-5-1. The van der Waals surface area contributed by atoms with Crippen LogP contribution < -0.4 is 0 Å². The first-order chi connectivity index (χ1) is 3.79. The molecule has 0 saturated carbocycles. The van der Waals surface area contributed by atoms with Crippen molar-refractivity contribution >= 4 is 15.3 Å².